The van der Waals surface area contributed by atoms with Crippen LogP contribution in [0.4, 0.5) is 10.5 Å². The fourth-order valence-corrected chi connectivity index (χ4v) is 3.64. The third-order valence-corrected chi connectivity index (χ3v) is 4.77. The van der Waals surface area contributed by atoms with Gasteiger partial charge in [-0.05, 0) is 25.3 Å². The normalized spacial score (nSPS) is 23.0. The summed E-state index contributed by atoms with van der Waals surface area (Å²) in [7, 11) is 0. The van der Waals surface area contributed by atoms with Gasteiger partial charge in [0.1, 0.15) is 0 Å². The first kappa shape index (κ1) is 16.1. The van der Waals surface area contributed by atoms with E-state index >= 15 is 0 Å². The van der Waals surface area contributed by atoms with Gasteiger partial charge in [-0.2, -0.15) is 0 Å². The molecule has 4 rings (SSSR count). The zero-order valence-electron chi connectivity index (χ0n) is 13.9. The number of hydrogen-bond donors (Lipinski definition) is 1. The smallest absolute Gasteiger partial charge is 0.412 e. The number of hydrogen-bond acceptors (Lipinski definition) is 4. The molecule has 1 amide bonds. The molecule has 2 aromatic rings. The predicted molar refractivity (Wildman–Crippen MR) is 93.3 cm³/mol. The predicted octanol–water partition coefficient (Wildman–Crippen LogP) is 4.04. The van der Waals surface area contributed by atoms with Crippen LogP contribution in [0.25, 0.3) is 0 Å². The van der Waals surface area contributed by atoms with Crippen molar-refractivity contribution in [3.8, 4) is 0 Å². The van der Waals surface area contributed by atoms with Gasteiger partial charge in [-0.15, -0.1) is 0 Å². The lowest BCUT2D eigenvalue weighted by Gasteiger charge is -2.39. The first-order chi connectivity index (χ1) is 12.3. The van der Waals surface area contributed by atoms with Crippen LogP contribution in [0.5, 0.6) is 0 Å². The highest BCUT2D eigenvalue weighted by molar-refractivity contribution is 5.89. The van der Waals surface area contributed by atoms with Crippen LogP contribution in [0.1, 0.15) is 30.4 Å². The number of anilines is 1. The van der Waals surface area contributed by atoms with Crippen LogP contribution in [-0.4, -0.2) is 25.6 Å². The van der Waals surface area contributed by atoms with Crippen molar-refractivity contribution in [2.45, 2.75) is 31.2 Å². The molecule has 2 aromatic carbocycles. The Kier molecular flexibility index (Phi) is 4.42. The van der Waals surface area contributed by atoms with Crippen LogP contribution >= 0.6 is 0 Å². The Morgan fingerprint density at radius 1 is 1.00 bits per heavy atom. The molecule has 0 spiro atoms. The standard InChI is InChI=1S/C20H21NO4/c22-19-21-17-10-5-4-9-16(17)20(25-19,15-7-2-1-3-8-15)12-6-11-18-23-13-14-24-18/h1-5,7-10,18H,6,11-14H2,(H,21,22). The Hall–Kier alpha value is -2.37. The van der Waals surface area contributed by atoms with E-state index in [0.29, 0.717) is 19.6 Å². The van der Waals surface area contributed by atoms with Crippen LogP contribution in [-0.2, 0) is 19.8 Å². The van der Waals surface area contributed by atoms with Gasteiger partial charge < -0.3 is 14.2 Å². The molecule has 25 heavy (non-hydrogen) atoms. The van der Waals surface area contributed by atoms with Gasteiger partial charge in [0.25, 0.3) is 0 Å². The van der Waals surface area contributed by atoms with Crippen molar-refractivity contribution in [1.29, 1.82) is 0 Å². The summed E-state index contributed by atoms with van der Waals surface area (Å²) in [4.78, 5) is 12.3. The average molecular weight is 339 g/mol. The van der Waals surface area contributed by atoms with Gasteiger partial charge in [-0.25, -0.2) is 4.79 Å². The van der Waals surface area contributed by atoms with E-state index in [1.807, 2.05) is 54.6 Å². The number of carbonyl (C=O) groups excluding carboxylic acids is 1. The van der Waals surface area contributed by atoms with E-state index in [1.54, 1.807) is 0 Å². The maximum Gasteiger partial charge on any atom is 0.412 e. The lowest BCUT2D eigenvalue weighted by molar-refractivity contribution is -0.0520. The van der Waals surface area contributed by atoms with E-state index in [0.717, 1.165) is 29.7 Å². The third-order valence-electron chi connectivity index (χ3n) is 4.77. The van der Waals surface area contributed by atoms with Gasteiger partial charge in [-0.3, -0.25) is 5.32 Å². The Morgan fingerprint density at radius 2 is 1.72 bits per heavy atom. The molecular weight excluding hydrogens is 318 g/mol. The van der Waals surface area contributed by atoms with Gasteiger partial charge in [0.05, 0.1) is 18.9 Å². The number of benzene rings is 2. The summed E-state index contributed by atoms with van der Waals surface area (Å²) in [5.74, 6) is 0. The highest BCUT2D eigenvalue weighted by Gasteiger charge is 2.43. The Balaban J connectivity index is 1.68. The summed E-state index contributed by atoms with van der Waals surface area (Å²) in [6.07, 6.45) is 1.70. The van der Waals surface area contributed by atoms with E-state index in [-0.39, 0.29) is 6.29 Å². The number of amides is 1. The lowest BCUT2D eigenvalue weighted by Crippen LogP contribution is -2.40. The summed E-state index contributed by atoms with van der Waals surface area (Å²) in [6, 6.07) is 17.8. The molecule has 0 aromatic heterocycles. The molecule has 2 heterocycles. The van der Waals surface area contributed by atoms with E-state index in [9.17, 15) is 4.79 Å². The second kappa shape index (κ2) is 6.86. The van der Waals surface area contributed by atoms with Crippen molar-refractivity contribution in [2.24, 2.45) is 0 Å². The Bertz CT molecular complexity index is 742. The van der Waals surface area contributed by atoms with Gasteiger partial charge in [-0.1, -0.05) is 48.5 Å². The van der Waals surface area contributed by atoms with Crippen molar-refractivity contribution in [2.75, 3.05) is 18.5 Å². The quantitative estimate of drug-likeness (QED) is 0.893. The number of rotatable bonds is 5. The summed E-state index contributed by atoms with van der Waals surface area (Å²) < 4.78 is 17.0. The highest BCUT2D eigenvalue weighted by atomic mass is 16.7. The molecule has 1 saturated heterocycles. The van der Waals surface area contributed by atoms with E-state index in [4.69, 9.17) is 14.2 Å². The minimum absolute atomic E-state index is 0.152. The molecule has 1 unspecified atom stereocenters. The maximum atomic E-state index is 12.3. The number of para-hydroxylation sites is 1. The molecule has 130 valence electrons. The van der Waals surface area contributed by atoms with Crippen molar-refractivity contribution in [3.63, 3.8) is 0 Å². The number of cyclic esters (lactones) is 1. The average Bonchev–Trinajstić information content (AvgIpc) is 3.15. The summed E-state index contributed by atoms with van der Waals surface area (Å²) >= 11 is 0. The van der Waals surface area contributed by atoms with Crippen molar-refractivity contribution in [1.82, 2.24) is 0 Å². The SMILES string of the molecule is O=C1Nc2ccccc2C(CCCC2OCCO2)(c2ccccc2)O1. The van der Waals surface area contributed by atoms with E-state index in [2.05, 4.69) is 5.32 Å². The fourth-order valence-electron chi connectivity index (χ4n) is 3.64. The van der Waals surface area contributed by atoms with Gasteiger partial charge >= 0.3 is 6.09 Å². The zero-order chi connectivity index (χ0) is 17.1. The first-order valence-electron chi connectivity index (χ1n) is 8.66. The second-order valence-corrected chi connectivity index (χ2v) is 6.32. The molecule has 5 nitrogen and oxygen atoms in total. The van der Waals surface area contributed by atoms with Crippen LogP contribution in [0.2, 0.25) is 0 Å². The minimum atomic E-state index is -0.793. The molecule has 2 aliphatic rings. The number of ether oxygens (including phenoxy) is 3. The fraction of sp³-hybridized carbons (Fsp3) is 0.350. The molecule has 1 fully saturated rings. The molecule has 5 heteroatoms. The molecule has 1 N–H and O–H groups in total. The van der Waals surface area contributed by atoms with Crippen molar-refractivity contribution < 1.29 is 19.0 Å². The van der Waals surface area contributed by atoms with Crippen LogP contribution in [0.15, 0.2) is 54.6 Å². The van der Waals surface area contributed by atoms with E-state index < -0.39 is 11.7 Å². The number of fused-ring (bicyclic) bond motifs is 1. The van der Waals surface area contributed by atoms with Crippen molar-refractivity contribution in [3.05, 3.63) is 65.7 Å². The summed E-state index contributed by atoms with van der Waals surface area (Å²) in [5.41, 5.74) is 1.97. The molecule has 0 radical (unpaired) electrons. The van der Waals surface area contributed by atoms with E-state index in [1.165, 1.54) is 0 Å². The molecule has 0 aliphatic carbocycles. The highest BCUT2D eigenvalue weighted by Crippen LogP contribution is 2.44. The molecular formula is C20H21NO4. The Morgan fingerprint density at radius 3 is 2.52 bits per heavy atom. The third kappa shape index (κ3) is 3.13. The lowest BCUT2D eigenvalue weighted by atomic mass is 9.80. The largest absolute Gasteiger partial charge is 0.433 e. The topological polar surface area (TPSA) is 56.8 Å². The second-order valence-electron chi connectivity index (χ2n) is 6.32. The van der Waals surface area contributed by atoms with Crippen LogP contribution < -0.4 is 5.32 Å². The van der Waals surface area contributed by atoms with Crippen molar-refractivity contribution >= 4 is 11.8 Å². The Labute approximate surface area is 146 Å². The first-order valence-corrected chi connectivity index (χ1v) is 8.66. The zero-order valence-corrected chi connectivity index (χ0v) is 13.9. The summed E-state index contributed by atoms with van der Waals surface area (Å²) in [6.45, 7) is 1.30. The molecule has 2 aliphatic heterocycles. The summed E-state index contributed by atoms with van der Waals surface area (Å²) in [5, 5.41) is 2.81. The minimum Gasteiger partial charge on any atom is -0.433 e. The number of carbonyl (C=O) groups is 1. The molecule has 0 saturated carbocycles. The van der Waals surface area contributed by atoms with Crippen LogP contribution in [0, 0.1) is 0 Å². The van der Waals surface area contributed by atoms with Gasteiger partial charge in [0, 0.05) is 11.1 Å². The van der Waals surface area contributed by atoms with Gasteiger partial charge in [0.15, 0.2) is 11.9 Å². The maximum absolute atomic E-state index is 12.3. The van der Waals surface area contributed by atoms with Gasteiger partial charge in [0.2, 0.25) is 0 Å². The number of nitrogens with one attached hydrogen (secondary N) is 1. The van der Waals surface area contributed by atoms with Crippen LogP contribution in [0.3, 0.4) is 0 Å². The monoisotopic (exact) mass is 339 g/mol. The molecule has 1 atom stereocenters. The molecule has 0 bridgehead atoms.